The molecule has 1 fully saturated rings. The molecule has 1 aliphatic rings. The Bertz CT molecular complexity index is 261. The molecule has 0 aromatic rings. The van der Waals surface area contributed by atoms with Crippen molar-refractivity contribution < 1.29 is 9.53 Å². The summed E-state index contributed by atoms with van der Waals surface area (Å²) >= 11 is 0. The molecule has 1 heterocycles. The third kappa shape index (κ3) is 5.33. The van der Waals surface area contributed by atoms with Crippen LogP contribution in [0.15, 0.2) is 0 Å². The summed E-state index contributed by atoms with van der Waals surface area (Å²) in [6.07, 6.45) is 0. The van der Waals surface area contributed by atoms with Crippen molar-refractivity contribution in [1.82, 2.24) is 15.5 Å². The van der Waals surface area contributed by atoms with Crippen molar-refractivity contribution in [3.05, 3.63) is 0 Å². The van der Waals surface area contributed by atoms with Crippen LogP contribution in [0.4, 0.5) is 0 Å². The predicted octanol–water partition coefficient (Wildman–Crippen LogP) is 0.211. The van der Waals surface area contributed by atoms with Gasteiger partial charge >= 0.3 is 0 Å². The third-order valence-corrected chi connectivity index (χ3v) is 3.26. The molecule has 18 heavy (non-hydrogen) atoms. The first-order valence-electron chi connectivity index (χ1n) is 6.75. The second-order valence-corrected chi connectivity index (χ2v) is 5.72. The van der Waals surface area contributed by atoms with Crippen LogP contribution in [-0.4, -0.2) is 61.8 Å². The maximum Gasteiger partial charge on any atom is 0.234 e. The van der Waals surface area contributed by atoms with Gasteiger partial charge in [-0.1, -0.05) is 13.8 Å². The fourth-order valence-corrected chi connectivity index (χ4v) is 1.95. The number of carbonyl (C=O) groups is 1. The van der Waals surface area contributed by atoms with E-state index in [2.05, 4.69) is 29.4 Å². The fraction of sp³-hybridized carbons (Fsp3) is 0.923. The summed E-state index contributed by atoms with van der Waals surface area (Å²) in [5.74, 6) is 0.0602. The van der Waals surface area contributed by atoms with Gasteiger partial charge in [-0.2, -0.15) is 0 Å². The molecule has 0 radical (unpaired) electrons. The highest BCUT2D eigenvalue weighted by Crippen LogP contribution is 2.14. The molecule has 5 heteroatoms. The van der Waals surface area contributed by atoms with Crippen LogP contribution in [0.3, 0.4) is 0 Å². The van der Waals surface area contributed by atoms with Crippen molar-refractivity contribution in [3.63, 3.8) is 0 Å². The maximum atomic E-state index is 11.7. The summed E-state index contributed by atoms with van der Waals surface area (Å²) < 4.78 is 5.35. The van der Waals surface area contributed by atoms with E-state index in [9.17, 15) is 4.79 Å². The minimum atomic E-state index is -0.0166. The summed E-state index contributed by atoms with van der Waals surface area (Å²) in [5.41, 5.74) is -0.0166. The first kappa shape index (κ1) is 15.4. The van der Waals surface area contributed by atoms with Crippen LogP contribution in [0.1, 0.15) is 27.7 Å². The average Bonchev–Trinajstić information content (AvgIpc) is 2.35. The van der Waals surface area contributed by atoms with Gasteiger partial charge in [0.25, 0.3) is 0 Å². The van der Waals surface area contributed by atoms with Gasteiger partial charge in [-0.3, -0.25) is 9.69 Å². The van der Waals surface area contributed by atoms with Gasteiger partial charge in [0.2, 0.25) is 5.91 Å². The first-order chi connectivity index (χ1) is 8.42. The van der Waals surface area contributed by atoms with Crippen molar-refractivity contribution in [2.75, 3.05) is 39.4 Å². The van der Waals surface area contributed by atoms with Crippen LogP contribution in [0.5, 0.6) is 0 Å². The van der Waals surface area contributed by atoms with Gasteiger partial charge in [0.1, 0.15) is 0 Å². The summed E-state index contributed by atoms with van der Waals surface area (Å²) in [6.45, 7) is 12.9. The quantitative estimate of drug-likeness (QED) is 0.714. The topological polar surface area (TPSA) is 53.6 Å². The van der Waals surface area contributed by atoms with Gasteiger partial charge in [-0.25, -0.2) is 0 Å². The van der Waals surface area contributed by atoms with Gasteiger partial charge in [-0.05, 0) is 13.8 Å². The normalized spacial score (nSPS) is 18.1. The Kier molecular flexibility index (Phi) is 6.05. The number of morpholine rings is 1. The smallest absolute Gasteiger partial charge is 0.234 e. The van der Waals surface area contributed by atoms with Gasteiger partial charge in [0, 0.05) is 31.2 Å². The van der Waals surface area contributed by atoms with Crippen LogP contribution in [-0.2, 0) is 9.53 Å². The number of hydrogen-bond donors (Lipinski definition) is 2. The predicted molar refractivity (Wildman–Crippen MR) is 72.6 cm³/mol. The van der Waals surface area contributed by atoms with Crippen molar-refractivity contribution >= 4 is 5.91 Å². The summed E-state index contributed by atoms with van der Waals surface area (Å²) in [5, 5.41) is 6.11. The maximum absolute atomic E-state index is 11.7. The number of carbonyl (C=O) groups excluding carboxylic acids is 1. The lowest BCUT2D eigenvalue weighted by molar-refractivity contribution is -0.121. The van der Waals surface area contributed by atoms with Crippen molar-refractivity contribution in [2.45, 2.75) is 39.3 Å². The Hall–Kier alpha value is -0.650. The van der Waals surface area contributed by atoms with Crippen LogP contribution >= 0.6 is 0 Å². The average molecular weight is 257 g/mol. The van der Waals surface area contributed by atoms with Crippen molar-refractivity contribution in [2.24, 2.45) is 0 Å². The molecular weight excluding hydrogens is 230 g/mol. The van der Waals surface area contributed by atoms with Crippen LogP contribution in [0.25, 0.3) is 0 Å². The van der Waals surface area contributed by atoms with E-state index < -0.39 is 0 Å². The van der Waals surface area contributed by atoms with E-state index in [-0.39, 0.29) is 11.4 Å². The molecule has 0 spiro atoms. The van der Waals surface area contributed by atoms with Gasteiger partial charge < -0.3 is 15.4 Å². The van der Waals surface area contributed by atoms with Crippen molar-refractivity contribution in [1.29, 1.82) is 0 Å². The molecule has 1 saturated heterocycles. The molecule has 0 aliphatic carbocycles. The Labute approximate surface area is 110 Å². The number of nitrogens with zero attached hydrogens (tertiary/aromatic N) is 1. The summed E-state index contributed by atoms with van der Waals surface area (Å²) in [6, 6.07) is 0.336. The highest BCUT2D eigenvalue weighted by atomic mass is 16.5. The Morgan fingerprint density at radius 1 is 1.33 bits per heavy atom. The summed E-state index contributed by atoms with van der Waals surface area (Å²) in [7, 11) is 0. The minimum absolute atomic E-state index is 0.0166. The number of nitrogens with one attached hydrogen (secondary N) is 2. The monoisotopic (exact) mass is 257 g/mol. The first-order valence-corrected chi connectivity index (χ1v) is 6.75. The zero-order chi connectivity index (χ0) is 13.6. The highest BCUT2D eigenvalue weighted by molar-refractivity contribution is 5.78. The lowest BCUT2D eigenvalue weighted by Crippen LogP contribution is -2.56. The fourth-order valence-electron chi connectivity index (χ4n) is 1.95. The molecule has 0 saturated carbocycles. The van der Waals surface area contributed by atoms with E-state index in [1.54, 1.807) is 0 Å². The highest BCUT2D eigenvalue weighted by Gasteiger charge is 2.28. The zero-order valence-electron chi connectivity index (χ0n) is 12.1. The van der Waals surface area contributed by atoms with E-state index in [0.717, 1.165) is 26.3 Å². The standard InChI is InChI=1S/C13H27N3O2/c1-11(2)14-9-12(17)15-10-13(3,4)16-5-7-18-8-6-16/h11,14H,5-10H2,1-4H3,(H,15,17). The van der Waals surface area contributed by atoms with E-state index in [1.807, 2.05) is 13.8 Å². The van der Waals surface area contributed by atoms with E-state index in [0.29, 0.717) is 19.1 Å². The number of rotatable bonds is 6. The second kappa shape index (κ2) is 7.07. The van der Waals surface area contributed by atoms with Crippen molar-refractivity contribution in [3.8, 4) is 0 Å². The number of hydrogen-bond acceptors (Lipinski definition) is 4. The van der Waals surface area contributed by atoms with Crippen LogP contribution in [0, 0.1) is 0 Å². The van der Waals surface area contributed by atoms with Crippen LogP contribution in [0.2, 0.25) is 0 Å². The molecule has 106 valence electrons. The Morgan fingerprint density at radius 3 is 2.50 bits per heavy atom. The molecule has 5 nitrogen and oxygen atoms in total. The Balaban J connectivity index is 2.29. The number of amides is 1. The lowest BCUT2D eigenvalue weighted by Gasteiger charge is -2.40. The largest absolute Gasteiger partial charge is 0.379 e. The molecule has 0 aromatic heterocycles. The van der Waals surface area contributed by atoms with Gasteiger partial charge in [-0.15, -0.1) is 0 Å². The minimum Gasteiger partial charge on any atom is -0.379 e. The molecule has 1 aliphatic heterocycles. The summed E-state index contributed by atoms with van der Waals surface area (Å²) in [4.78, 5) is 14.0. The van der Waals surface area contributed by atoms with E-state index >= 15 is 0 Å². The van der Waals surface area contributed by atoms with Crippen LogP contribution < -0.4 is 10.6 Å². The molecule has 0 unspecified atom stereocenters. The molecule has 1 amide bonds. The lowest BCUT2D eigenvalue weighted by atomic mass is 10.0. The zero-order valence-corrected chi connectivity index (χ0v) is 12.1. The number of ether oxygens (including phenoxy) is 1. The third-order valence-electron chi connectivity index (χ3n) is 3.26. The SMILES string of the molecule is CC(C)NCC(=O)NCC(C)(C)N1CCOCC1. The second-order valence-electron chi connectivity index (χ2n) is 5.72. The van der Waals surface area contributed by atoms with E-state index in [1.165, 1.54) is 0 Å². The molecule has 2 N–H and O–H groups in total. The van der Waals surface area contributed by atoms with E-state index in [4.69, 9.17) is 4.74 Å². The Morgan fingerprint density at radius 2 is 1.94 bits per heavy atom. The molecule has 0 aromatic carbocycles. The van der Waals surface area contributed by atoms with Gasteiger partial charge in [0.05, 0.1) is 19.8 Å². The molecule has 0 atom stereocenters. The van der Waals surface area contributed by atoms with Gasteiger partial charge in [0.15, 0.2) is 0 Å². The molecule has 0 bridgehead atoms. The molecule has 1 rings (SSSR count). The molecular formula is C13H27N3O2.